The zero-order valence-electron chi connectivity index (χ0n) is 15.2. The molecule has 4 rings (SSSR count). The van der Waals surface area contributed by atoms with Gasteiger partial charge in [0.1, 0.15) is 5.69 Å². The van der Waals surface area contributed by atoms with E-state index in [9.17, 15) is 0 Å². The van der Waals surface area contributed by atoms with Crippen LogP contribution in [0.25, 0.3) is 0 Å². The van der Waals surface area contributed by atoms with Crippen LogP contribution in [0.2, 0.25) is 0 Å². The van der Waals surface area contributed by atoms with Gasteiger partial charge in [0.25, 0.3) is 0 Å². The molecule has 2 aliphatic heterocycles. The van der Waals surface area contributed by atoms with Crippen molar-refractivity contribution in [3.63, 3.8) is 0 Å². The molecule has 2 bridgehead atoms. The molecule has 2 aromatic rings. The van der Waals surface area contributed by atoms with Crippen LogP contribution in [0.3, 0.4) is 0 Å². The number of hydrogen-bond acceptors (Lipinski definition) is 5. The van der Waals surface area contributed by atoms with Gasteiger partial charge in [-0.1, -0.05) is 24.8 Å². The Kier molecular flexibility index (Phi) is 4.77. The number of piperazine rings is 1. The van der Waals surface area contributed by atoms with Crippen molar-refractivity contribution < 1.29 is 0 Å². The fourth-order valence-corrected chi connectivity index (χ4v) is 3.99. The van der Waals surface area contributed by atoms with Crippen molar-refractivity contribution in [2.24, 2.45) is 0 Å². The van der Waals surface area contributed by atoms with E-state index >= 15 is 0 Å². The molecule has 2 unspecified atom stereocenters. The van der Waals surface area contributed by atoms with Gasteiger partial charge in [-0.25, -0.2) is 0 Å². The van der Waals surface area contributed by atoms with E-state index in [4.69, 9.17) is 5.73 Å². The van der Waals surface area contributed by atoms with Gasteiger partial charge >= 0.3 is 0 Å². The van der Waals surface area contributed by atoms with E-state index < -0.39 is 0 Å². The van der Waals surface area contributed by atoms with Gasteiger partial charge in [0, 0.05) is 36.4 Å². The van der Waals surface area contributed by atoms with Gasteiger partial charge < -0.3 is 10.6 Å². The molecule has 5 heteroatoms. The first-order chi connectivity index (χ1) is 12.7. The fraction of sp³-hybridized carbons (Fsp3) is 0.429. The molecule has 134 valence electrons. The molecule has 0 aliphatic carbocycles. The van der Waals surface area contributed by atoms with Crippen molar-refractivity contribution in [1.82, 2.24) is 15.1 Å². The normalized spacial score (nSPS) is 23.0. The van der Waals surface area contributed by atoms with Crippen molar-refractivity contribution >= 4 is 11.5 Å². The maximum absolute atomic E-state index is 5.78. The summed E-state index contributed by atoms with van der Waals surface area (Å²) < 4.78 is 0. The van der Waals surface area contributed by atoms with Crippen molar-refractivity contribution in [2.75, 3.05) is 30.8 Å². The average molecular weight is 347 g/mol. The molecule has 0 amide bonds. The summed E-state index contributed by atoms with van der Waals surface area (Å²) in [5, 5.41) is 8.76. The van der Waals surface area contributed by atoms with Crippen LogP contribution in [0.1, 0.15) is 36.9 Å². The summed E-state index contributed by atoms with van der Waals surface area (Å²) in [6, 6.07) is 12.8. The topological polar surface area (TPSA) is 58.3 Å². The lowest BCUT2D eigenvalue weighted by molar-refractivity contribution is 0.149. The van der Waals surface area contributed by atoms with Gasteiger partial charge in [0.05, 0.1) is 0 Å². The first-order valence-corrected chi connectivity index (χ1v) is 9.37. The van der Waals surface area contributed by atoms with Crippen molar-refractivity contribution in [1.29, 1.82) is 0 Å². The number of fused-ring (bicyclic) bond motifs is 2. The Bertz CT molecular complexity index is 804. The summed E-state index contributed by atoms with van der Waals surface area (Å²) in [6.07, 6.45) is 5.23. The summed E-state index contributed by atoms with van der Waals surface area (Å²) in [6.45, 7) is 2.08. The van der Waals surface area contributed by atoms with Crippen LogP contribution >= 0.6 is 0 Å². The highest BCUT2D eigenvalue weighted by molar-refractivity contribution is 5.49. The van der Waals surface area contributed by atoms with E-state index in [0.717, 1.165) is 30.2 Å². The van der Waals surface area contributed by atoms with Gasteiger partial charge in [-0.15, -0.1) is 10.2 Å². The minimum atomic E-state index is 0.626. The smallest absolute Gasteiger partial charge is 0.151 e. The standard InChI is InChI=1S/C21H25N5/c1-25-19-7-2-3-8-20(25)15-26(14-19)21-12-11-18(23-24-21)10-9-16-5-4-6-17(22)13-16/h4-6,11-13,19-20H,2-3,7-8,14-15,22H2,1H3. The van der Waals surface area contributed by atoms with Crippen LogP contribution < -0.4 is 10.6 Å². The molecule has 2 fully saturated rings. The summed E-state index contributed by atoms with van der Waals surface area (Å²) in [7, 11) is 2.28. The number of hydrogen-bond donors (Lipinski definition) is 1. The van der Waals surface area contributed by atoms with E-state index in [2.05, 4.69) is 38.9 Å². The Labute approximate surface area is 155 Å². The van der Waals surface area contributed by atoms with Crippen LogP contribution in [0.15, 0.2) is 36.4 Å². The SMILES string of the molecule is CN1C2CCCCC1CN(c1ccc(C#Cc3cccc(N)c3)nn1)C2. The number of benzene rings is 1. The molecule has 0 saturated carbocycles. The molecule has 26 heavy (non-hydrogen) atoms. The minimum absolute atomic E-state index is 0.626. The van der Waals surface area contributed by atoms with Gasteiger partial charge in [-0.2, -0.15) is 0 Å². The third-order valence-corrected chi connectivity index (χ3v) is 5.53. The van der Waals surface area contributed by atoms with Crippen molar-refractivity contribution in [3.05, 3.63) is 47.7 Å². The van der Waals surface area contributed by atoms with Crippen LogP contribution in [0, 0.1) is 11.8 Å². The van der Waals surface area contributed by atoms with Gasteiger partial charge in [-0.05, 0) is 56.1 Å². The summed E-state index contributed by atoms with van der Waals surface area (Å²) in [4.78, 5) is 4.96. The van der Waals surface area contributed by atoms with Crippen molar-refractivity contribution in [3.8, 4) is 11.8 Å². The molecular weight excluding hydrogens is 322 g/mol. The molecule has 0 radical (unpaired) electrons. The molecule has 2 N–H and O–H groups in total. The minimum Gasteiger partial charge on any atom is -0.399 e. The van der Waals surface area contributed by atoms with E-state index in [1.54, 1.807) is 0 Å². The monoisotopic (exact) mass is 347 g/mol. The lowest BCUT2D eigenvalue weighted by atomic mass is 10.1. The second-order valence-corrected chi connectivity index (χ2v) is 7.31. The van der Waals surface area contributed by atoms with Crippen LogP contribution in [-0.4, -0.2) is 47.3 Å². The third-order valence-electron chi connectivity index (χ3n) is 5.53. The number of anilines is 2. The van der Waals surface area contributed by atoms with Crippen LogP contribution in [-0.2, 0) is 0 Å². The average Bonchev–Trinajstić information content (AvgIpc) is 2.76. The number of nitrogen functional groups attached to an aromatic ring is 1. The Hall–Kier alpha value is -2.58. The number of rotatable bonds is 1. The highest BCUT2D eigenvalue weighted by atomic mass is 15.3. The number of aromatic nitrogens is 2. The highest BCUT2D eigenvalue weighted by Crippen LogP contribution is 2.28. The summed E-state index contributed by atoms with van der Waals surface area (Å²) >= 11 is 0. The summed E-state index contributed by atoms with van der Waals surface area (Å²) in [5.41, 5.74) is 8.07. The molecule has 1 aromatic heterocycles. The zero-order valence-corrected chi connectivity index (χ0v) is 15.2. The third kappa shape index (κ3) is 3.66. The largest absolute Gasteiger partial charge is 0.399 e. The molecule has 0 spiro atoms. The fourth-order valence-electron chi connectivity index (χ4n) is 3.99. The lowest BCUT2D eigenvalue weighted by Crippen LogP contribution is -2.56. The lowest BCUT2D eigenvalue weighted by Gasteiger charge is -2.44. The second kappa shape index (κ2) is 7.35. The molecule has 2 aliphatic rings. The highest BCUT2D eigenvalue weighted by Gasteiger charge is 2.33. The van der Waals surface area contributed by atoms with Crippen LogP contribution in [0.5, 0.6) is 0 Å². The van der Waals surface area contributed by atoms with Crippen LogP contribution in [0.4, 0.5) is 11.5 Å². The zero-order chi connectivity index (χ0) is 17.9. The van der Waals surface area contributed by atoms with E-state index in [0.29, 0.717) is 17.8 Å². The summed E-state index contributed by atoms with van der Waals surface area (Å²) in [5.74, 6) is 7.13. The first kappa shape index (κ1) is 16.9. The predicted octanol–water partition coefficient (Wildman–Crippen LogP) is 2.52. The Balaban J connectivity index is 1.48. The predicted molar refractivity (Wildman–Crippen MR) is 105 cm³/mol. The second-order valence-electron chi connectivity index (χ2n) is 7.31. The number of nitrogens with two attached hydrogens (primary N) is 1. The van der Waals surface area contributed by atoms with Crippen molar-refractivity contribution in [2.45, 2.75) is 37.8 Å². The number of likely N-dealkylation sites (N-methyl/N-ethyl adjacent to an activating group) is 1. The van der Waals surface area contributed by atoms with Gasteiger partial charge in [-0.3, -0.25) is 4.90 Å². The van der Waals surface area contributed by atoms with E-state index in [1.165, 1.54) is 25.7 Å². The Morgan fingerprint density at radius 3 is 2.42 bits per heavy atom. The number of nitrogens with zero attached hydrogens (tertiary/aromatic N) is 4. The van der Waals surface area contributed by atoms with E-state index in [1.807, 2.05) is 36.4 Å². The maximum Gasteiger partial charge on any atom is 0.151 e. The Morgan fingerprint density at radius 2 is 1.77 bits per heavy atom. The quantitative estimate of drug-likeness (QED) is 0.634. The molecule has 3 heterocycles. The van der Waals surface area contributed by atoms with E-state index in [-0.39, 0.29) is 0 Å². The molecule has 2 atom stereocenters. The molecule has 1 aromatic carbocycles. The van der Waals surface area contributed by atoms with Gasteiger partial charge in [0.15, 0.2) is 5.82 Å². The molecular formula is C21H25N5. The first-order valence-electron chi connectivity index (χ1n) is 9.37. The van der Waals surface area contributed by atoms with Gasteiger partial charge in [0.2, 0.25) is 0 Å². The maximum atomic E-state index is 5.78. The molecule has 5 nitrogen and oxygen atoms in total. The molecule has 2 saturated heterocycles. The Morgan fingerprint density at radius 1 is 1.00 bits per heavy atom.